The van der Waals surface area contributed by atoms with Crippen LogP contribution in [-0.4, -0.2) is 6.18 Å². The van der Waals surface area contributed by atoms with Crippen LogP contribution in [0.5, 0.6) is 0 Å². The van der Waals surface area contributed by atoms with Crippen LogP contribution in [0.1, 0.15) is 50.3 Å². The molecule has 0 saturated carbocycles. The van der Waals surface area contributed by atoms with Crippen LogP contribution in [0.25, 0.3) is 43.6 Å². The summed E-state index contributed by atoms with van der Waals surface area (Å²) in [6.45, 7) is 9.30. The Labute approximate surface area is 225 Å². The molecular formula is C33H31F3NS+. The summed E-state index contributed by atoms with van der Waals surface area (Å²) in [6.07, 6.45) is -2.28. The molecule has 4 aromatic carbocycles. The van der Waals surface area contributed by atoms with E-state index in [1.807, 2.05) is 30.0 Å². The van der Waals surface area contributed by atoms with Gasteiger partial charge in [0.1, 0.15) is 7.05 Å². The van der Waals surface area contributed by atoms with Crippen LogP contribution in [0.2, 0.25) is 0 Å². The van der Waals surface area contributed by atoms with Crippen molar-refractivity contribution in [2.24, 2.45) is 12.5 Å². The summed E-state index contributed by atoms with van der Waals surface area (Å²) in [5.74, 6) is 0.337. The highest BCUT2D eigenvalue weighted by atomic mass is 32.2. The second-order valence-corrected chi connectivity index (χ2v) is 12.6. The first kappa shape index (κ1) is 25.2. The van der Waals surface area contributed by atoms with E-state index in [1.54, 1.807) is 0 Å². The first-order chi connectivity index (χ1) is 17.9. The molecule has 0 atom stereocenters. The summed E-state index contributed by atoms with van der Waals surface area (Å²) in [5, 5.41) is 6.62. The zero-order valence-corrected chi connectivity index (χ0v) is 23.4. The Morgan fingerprint density at radius 3 is 2.29 bits per heavy atom. The molecule has 0 amide bonds. The molecule has 0 radical (unpaired) electrons. The topological polar surface area (TPSA) is 3.88 Å². The molecule has 0 unspecified atom stereocenters. The zero-order valence-electron chi connectivity index (χ0n) is 22.5. The molecule has 5 heteroatoms. The van der Waals surface area contributed by atoms with Gasteiger partial charge in [-0.3, -0.25) is 0 Å². The molecule has 1 aliphatic rings. The van der Waals surface area contributed by atoms with E-state index in [4.69, 9.17) is 0 Å². The molecule has 38 heavy (non-hydrogen) atoms. The minimum atomic E-state index is -4.28. The fourth-order valence-electron chi connectivity index (χ4n) is 6.17. The van der Waals surface area contributed by atoms with E-state index in [1.165, 1.54) is 46.2 Å². The Morgan fingerprint density at radius 1 is 0.895 bits per heavy atom. The average molecular weight is 531 g/mol. The molecule has 2 heterocycles. The maximum absolute atomic E-state index is 13.9. The maximum atomic E-state index is 13.9. The van der Waals surface area contributed by atoms with Crippen molar-refractivity contribution >= 4 is 44.1 Å². The van der Waals surface area contributed by atoms with Crippen LogP contribution >= 0.6 is 11.8 Å². The Bertz CT molecular complexity index is 1780. The molecule has 0 aliphatic carbocycles. The normalized spacial score (nSPS) is 13.6. The van der Waals surface area contributed by atoms with Gasteiger partial charge in [-0.15, -0.1) is 0 Å². The highest BCUT2D eigenvalue weighted by Crippen LogP contribution is 2.54. The van der Waals surface area contributed by atoms with E-state index >= 15 is 0 Å². The van der Waals surface area contributed by atoms with Gasteiger partial charge in [-0.25, -0.2) is 4.57 Å². The highest BCUT2D eigenvalue weighted by Gasteiger charge is 2.47. The van der Waals surface area contributed by atoms with Crippen LogP contribution in [0.3, 0.4) is 0 Å². The van der Waals surface area contributed by atoms with E-state index in [-0.39, 0.29) is 6.42 Å². The molecular weight excluding hydrogens is 499 g/mol. The lowest BCUT2D eigenvalue weighted by Gasteiger charge is -2.29. The minimum Gasteiger partial charge on any atom is -0.200 e. The summed E-state index contributed by atoms with van der Waals surface area (Å²) < 4.78 is 43.9. The van der Waals surface area contributed by atoms with E-state index in [0.717, 1.165) is 37.7 Å². The second-order valence-electron chi connectivity index (χ2n) is 11.6. The van der Waals surface area contributed by atoms with Crippen LogP contribution in [0, 0.1) is 12.3 Å². The number of rotatable bonds is 3. The largest absolute Gasteiger partial charge is 0.394 e. The number of pyridine rings is 1. The molecule has 0 spiro atoms. The molecule has 194 valence electrons. The third-order valence-electron chi connectivity index (χ3n) is 8.20. The van der Waals surface area contributed by atoms with Gasteiger partial charge >= 0.3 is 6.18 Å². The van der Waals surface area contributed by atoms with Crippen LogP contribution in [0.15, 0.2) is 70.6 Å². The summed E-state index contributed by atoms with van der Waals surface area (Å²) in [6, 6.07) is 18.7. The van der Waals surface area contributed by atoms with E-state index in [2.05, 4.69) is 75.0 Å². The molecule has 0 saturated heterocycles. The van der Waals surface area contributed by atoms with Crippen molar-refractivity contribution in [3.63, 3.8) is 0 Å². The van der Waals surface area contributed by atoms with Gasteiger partial charge in [0, 0.05) is 21.2 Å². The van der Waals surface area contributed by atoms with Crippen molar-refractivity contribution in [1.82, 2.24) is 0 Å². The molecule has 0 N–H and O–H groups in total. The lowest BCUT2D eigenvalue weighted by atomic mass is 9.82. The first-order valence-corrected chi connectivity index (χ1v) is 13.9. The Hall–Kier alpha value is -3.05. The van der Waals surface area contributed by atoms with Crippen molar-refractivity contribution < 1.29 is 17.7 Å². The highest BCUT2D eigenvalue weighted by molar-refractivity contribution is 8.00. The Kier molecular flexibility index (Phi) is 5.63. The van der Waals surface area contributed by atoms with Gasteiger partial charge in [0.2, 0.25) is 5.69 Å². The number of nitrogens with zero attached hydrogens (tertiary/aromatic N) is 1. The van der Waals surface area contributed by atoms with Crippen LogP contribution in [0.4, 0.5) is 13.2 Å². The van der Waals surface area contributed by atoms with E-state index < -0.39 is 11.6 Å². The van der Waals surface area contributed by atoms with Gasteiger partial charge in [-0.1, -0.05) is 81.9 Å². The summed E-state index contributed by atoms with van der Waals surface area (Å²) in [5.41, 5.74) is 3.90. The molecule has 0 fully saturated rings. The standard InChI is InChI=1S/C33H31F3NS/c1-18(2)26-23-13-8-7-12-22(23)19(3)27-30-29-24(14-15-37(30)6)28-20(16-25(29)38-31(26)27)10-9-11-21(28)17-32(4,5)33(34,35)36/h7-16,18H,17H2,1-6H3/q+1. The monoisotopic (exact) mass is 530 g/mol. The minimum absolute atomic E-state index is 0.0659. The molecule has 1 aromatic heterocycles. The fourth-order valence-corrected chi connectivity index (χ4v) is 7.70. The van der Waals surface area contributed by atoms with Gasteiger partial charge in [-0.2, -0.15) is 13.2 Å². The number of hydrogen-bond acceptors (Lipinski definition) is 1. The SMILES string of the molecule is Cc1c2c(c(C(C)C)c3ccccc13)Sc1cc3cccc(CC(C)(C)C(F)(F)F)c3c3cc[n+](C)c-2c13. The third-order valence-corrected chi connectivity index (χ3v) is 9.37. The summed E-state index contributed by atoms with van der Waals surface area (Å²) in [7, 11) is 2.07. The van der Waals surface area contributed by atoms with Gasteiger partial charge < -0.3 is 0 Å². The van der Waals surface area contributed by atoms with Crippen molar-refractivity contribution in [3.8, 4) is 11.3 Å². The van der Waals surface area contributed by atoms with Crippen LogP contribution in [-0.2, 0) is 13.5 Å². The lowest BCUT2D eigenvalue weighted by molar-refractivity contribution is -0.659. The lowest BCUT2D eigenvalue weighted by Crippen LogP contribution is -2.34. The van der Waals surface area contributed by atoms with Crippen LogP contribution < -0.4 is 4.57 Å². The van der Waals surface area contributed by atoms with Crippen molar-refractivity contribution in [2.45, 2.75) is 62.9 Å². The van der Waals surface area contributed by atoms with E-state index in [9.17, 15) is 13.2 Å². The van der Waals surface area contributed by atoms with Gasteiger partial charge in [0.25, 0.3) is 0 Å². The Balaban J connectivity index is 1.74. The number of aromatic nitrogens is 1. The van der Waals surface area contributed by atoms with Gasteiger partial charge in [0.15, 0.2) is 6.20 Å². The van der Waals surface area contributed by atoms with Crippen molar-refractivity contribution in [1.29, 1.82) is 0 Å². The number of alkyl halides is 3. The van der Waals surface area contributed by atoms with Crippen molar-refractivity contribution in [2.75, 3.05) is 0 Å². The molecule has 1 nitrogen and oxygen atoms in total. The van der Waals surface area contributed by atoms with Gasteiger partial charge in [-0.05, 0) is 63.6 Å². The van der Waals surface area contributed by atoms with Crippen molar-refractivity contribution in [3.05, 3.63) is 77.5 Å². The maximum Gasteiger partial charge on any atom is 0.394 e. The number of halogens is 3. The fraction of sp³-hybridized carbons (Fsp3) is 0.303. The van der Waals surface area contributed by atoms with Gasteiger partial charge in [0.05, 0.1) is 16.4 Å². The number of aryl methyl sites for hydroxylation is 2. The second kappa shape index (κ2) is 8.47. The molecule has 1 aliphatic heterocycles. The molecule has 0 bridgehead atoms. The number of benzene rings is 4. The quantitative estimate of drug-likeness (QED) is 0.163. The molecule has 6 rings (SSSR count). The zero-order chi connectivity index (χ0) is 27.1. The van der Waals surface area contributed by atoms with E-state index in [0.29, 0.717) is 5.92 Å². The number of hydrogen-bond donors (Lipinski definition) is 0. The Morgan fingerprint density at radius 2 is 1.61 bits per heavy atom. The smallest absolute Gasteiger partial charge is 0.200 e. The summed E-state index contributed by atoms with van der Waals surface area (Å²) in [4.78, 5) is 2.45. The first-order valence-electron chi connectivity index (χ1n) is 13.1. The number of fused-ring (bicyclic) bond motifs is 5. The average Bonchev–Trinajstić information content (AvgIpc) is 2.84. The summed E-state index contributed by atoms with van der Waals surface area (Å²) >= 11 is 1.81. The third kappa shape index (κ3) is 3.58. The molecule has 5 aromatic rings. The predicted molar refractivity (Wildman–Crippen MR) is 152 cm³/mol. The predicted octanol–water partition coefficient (Wildman–Crippen LogP) is 9.67.